The van der Waals surface area contributed by atoms with E-state index < -0.39 is 11.9 Å². The molecule has 92 valence electrons. The van der Waals surface area contributed by atoms with Crippen LogP contribution in [0.4, 0.5) is 4.79 Å². The van der Waals surface area contributed by atoms with Crippen LogP contribution in [0.2, 0.25) is 0 Å². The van der Waals surface area contributed by atoms with Crippen LogP contribution < -0.4 is 5.32 Å². The molecule has 1 rings (SSSR count). The summed E-state index contributed by atoms with van der Waals surface area (Å²) in [5.41, 5.74) is 0. The maximum atomic E-state index is 11.7. The van der Waals surface area contributed by atoms with Crippen molar-refractivity contribution >= 4 is 12.0 Å². The van der Waals surface area contributed by atoms with E-state index in [1.165, 1.54) is 0 Å². The van der Waals surface area contributed by atoms with E-state index in [1.807, 2.05) is 20.8 Å². The minimum Gasteiger partial charge on any atom is -0.481 e. The van der Waals surface area contributed by atoms with Gasteiger partial charge in [0.15, 0.2) is 0 Å². The Hall–Kier alpha value is -1.26. The highest BCUT2D eigenvalue weighted by atomic mass is 16.4. The highest BCUT2D eigenvalue weighted by Gasteiger charge is 2.31. The number of nitrogens with one attached hydrogen (secondary N) is 1. The van der Waals surface area contributed by atoms with Crippen LogP contribution in [-0.2, 0) is 4.79 Å². The van der Waals surface area contributed by atoms with Crippen molar-refractivity contribution in [3.63, 3.8) is 0 Å². The lowest BCUT2D eigenvalue weighted by Crippen LogP contribution is -2.50. The molecule has 0 aromatic heterocycles. The molecule has 1 saturated heterocycles. The summed E-state index contributed by atoms with van der Waals surface area (Å²) in [4.78, 5) is 24.3. The van der Waals surface area contributed by atoms with Crippen LogP contribution in [0.3, 0.4) is 0 Å². The largest absolute Gasteiger partial charge is 0.481 e. The summed E-state index contributed by atoms with van der Waals surface area (Å²) in [6, 6.07) is -0.0826. The minimum absolute atomic E-state index is 0.0769. The van der Waals surface area contributed by atoms with Crippen molar-refractivity contribution < 1.29 is 14.7 Å². The lowest BCUT2D eigenvalue weighted by Gasteiger charge is -2.35. The fraction of sp³-hybridized carbons (Fsp3) is 0.818. The predicted molar refractivity (Wildman–Crippen MR) is 60.1 cm³/mol. The smallest absolute Gasteiger partial charge is 0.317 e. The van der Waals surface area contributed by atoms with Gasteiger partial charge in [-0.3, -0.25) is 4.79 Å². The Kier molecular flexibility index (Phi) is 4.15. The molecular formula is C11H20N2O3. The van der Waals surface area contributed by atoms with Gasteiger partial charge in [-0.15, -0.1) is 0 Å². The highest BCUT2D eigenvalue weighted by Crippen LogP contribution is 2.21. The average molecular weight is 228 g/mol. The number of carbonyl (C=O) groups excluding carboxylic acids is 1. The molecule has 2 atom stereocenters. The first kappa shape index (κ1) is 12.8. The molecular weight excluding hydrogens is 208 g/mol. The number of carboxylic acid groups (broad SMARTS) is 1. The van der Waals surface area contributed by atoms with Gasteiger partial charge in [0.1, 0.15) is 0 Å². The van der Waals surface area contributed by atoms with Crippen molar-refractivity contribution in [1.82, 2.24) is 10.2 Å². The number of hydrogen-bond acceptors (Lipinski definition) is 2. The van der Waals surface area contributed by atoms with Gasteiger partial charge in [-0.1, -0.05) is 6.92 Å². The summed E-state index contributed by atoms with van der Waals surface area (Å²) >= 11 is 0. The van der Waals surface area contributed by atoms with Gasteiger partial charge < -0.3 is 15.3 Å². The zero-order valence-corrected chi connectivity index (χ0v) is 10.1. The lowest BCUT2D eigenvalue weighted by molar-refractivity contribution is -0.143. The van der Waals surface area contributed by atoms with Gasteiger partial charge in [0.05, 0.1) is 5.92 Å². The average Bonchev–Trinajstić information content (AvgIpc) is 2.15. The second kappa shape index (κ2) is 5.18. The highest BCUT2D eigenvalue weighted by molar-refractivity contribution is 5.76. The van der Waals surface area contributed by atoms with Crippen molar-refractivity contribution in [3.8, 4) is 0 Å². The molecule has 0 aromatic carbocycles. The summed E-state index contributed by atoms with van der Waals surface area (Å²) in [6.07, 6.45) is 0.654. The van der Waals surface area contributed by atoms with Crippen molar-refractivity contribution in [2.75, 3.05) is 13.1 Å². The molecule has 1 heterocycles. The topological polar surface area (TPSA) is 69.6 Å². The Morgan fingerprint density at radius 3 is 2.50 bits per heavy atom. The first-order chi connectivity index (χ1) is 7.40. The lowest BCUT2D eigenvalue weighted by atomic mass is 9.91. The van der Waals surface area contributed by atoms with Crippen molar-refractivity contribution in [2.24, 2.45) is 11.8 Å². The SMILES string of the molecule is CC1CC(C(=O)O)CN(C(=O)NC(C)C)C1. The van der Waals surface area contributed by atoms with Gasteiger partial charge >= 0.3 is 12.0 Å². The zero-order chi connectivity index (χ0) is 12.3. The van der Waals surface area contributed by atoms with Crippen LogP contribution in [0.15, 0.2) is 0 Å². The maximum absolute atomic E-state index is 11.7. The minimum atomic E-state index is -0.811. The molecule has 0 aliphatic carbocycles. The van der Waals surface area contributed by atoms with Gasteiger partial charge in [0, 0.05) is 19.1 Å². The van der Waals surface area contributed by atoms with Crippen molar-refractivity contribution in [1.29, 1.82) is 0 Å². The maximum Gasteiger partial charge on any atom is 0.317 e. The third kappa shape index (κ3) is 3.40. The summed E-state index contributed by atoms with van der Waals surface area (Å²) in [5.74, 6) is -0.997. The van der Waals surface area contributed by atoms with Crippen LogP contribution in [0, 0.1) is 11.8 Å². The monoisotopic (exact) mass is 228 g/mol. The van der Waals surface area contributed by atoms with Crippen molar-refractivity contribution in [2.45, 2.75) is 33.2 Å². The normalized spacial score (nSPS) is 25.6. The van der Waals surface area contributed by atoms with E-state index in [1.54, 1.807) is 4.90 Å². The van der Waals surface area contributed by atoms with Crippen LogP contribution in [-0.4, -0.2) is 41.1 Å². The number of carbonyl (C=O) groups is 2. The molecule has 0 radical (unpaired) electrons. The Morgan fingerprint density at radius 1 is 1.38 bits per heavy atom. The standard InChI is InChI=1S/C11H20N2O3/c1-7(2)12-11(16)13-5-8(3)4-9(6-13)10(14)15/h7-9H,4-6H2,1-3H3,(H,12,16)(H,14,15). The molecule has 2 unspecified atom stereocenters. The fourth-order valence-corrected chi connectivity index (χ4v) is 2.03. The number of aliphatic carboxylic acids is 1. The van der Waals surface area contributed by atoms with Crippen molar-refractivity contribution in [3.05, 3.63) is 0 Å². The number of likely N-dealkylation sites (tertiary alicyclic amines) is 1. The molecule has 16 heavy (non-hydrogen) atoms. The molecule has 5 heteroatoms. The van der Waals surface area contributed by atoms with Gasteiger partial charge in [-0.2, -0.15) is 0 Å². The van der Waals surface area contributed by atoms with E-state index in [-0.39, 0.29) is 18.0 Å². The number of hydrogen-bond donors (Lipinski definition) is 2. The number of carboxylic acids is 1. The van der Waals surface area contributed by atoms with Crippen LogP contribution in [0.5, 0.6) is 0 Å². The third-order valence-corrected chi connectivity index (χ3v) is 2.71. The van der Waals surface area contributed by atoms with E-state index >= 15 is 0 Å². The first-order valence-corrected chi connectivity index (χ1v) is 5.68. The van der Waals surface area contributed by atoms with E-state index in [0.717, 1.165) is 0 Å². The molecule has 5 nitrogen and oxygen atoms in total. The quantitative estimate of drug-likeness (QED) is 0.744. The number of nitrogens with zero attached hydrogens (tertiary/aromatic N) is 1. The molecule has 1 aliphatic heterocycles. The van der Waals surface area contributed by atoms with Gasteiger partial charge in [-0.25, -0.2) is 4.79 Å². The summed E-state index contributed by atoms with van der Waals surface area (Å²) in [5, 5.41) is 11.8. The van der Waals surface area contributed by atoms with Crippen LogP contribution in [0.25, 0.3) is 0 Å². The first-order valence-electron chi connectivity index (χ1n) is 5.68. The van der Waals surface area contributed by atoms with Crippen LogP contribution >= 0.6 is 0 Å². The number of amides is 2. The predicted octanol–water partition coefficient (Wildman–Crippen LogP) is 1.15. The molecule has 1 aliphatic rings. The Labute approximate surface area is 95.8 Å². The second-order valence-corrected chi connectivity index (χ2v) is 4.89. The number of rotatable bonds is 2. The van der Waals surface area contributed by atoms with Gasteiger partial charge in [0.2, 0.25) is 0 Å². The Morgan fingerprint density at radius 2 is 2.00 bits per heavy atom. The Balaban J connectivity index is 2.59. The number of urea groups is 1. The third-order valence-electron chi connectivity index (χ3n) is 2.71. The molecule has 2 N–H and O–H groups in total. The fourth-order valence-electron chi connectivity index (χ4n) is 2.03. The second-order valence-electron chi connectivity index (χ2n) is 4.89. The summed E-state index contributed by atoms with van der Waals surface area (Å²) in [7, 11) is 0. The molecule has 0 bridgehead atoms. The van der Waals surface area contributed by atoms with Crippen LogP contribution in [0.1, 0.15) is 27.2 Å². The molecule has 0 aromatic rings. The van der Waals surface area contributed by atoms with E-state index in [2.05, 4.69) is 5.32 Å². The molecule has 0 spiro atoms. The van der Waals surface area contributed by atoms with E-state index in [9.17, 15) is 9.59 Å². The summed E-state index contributed by atoms with van der Waals surface area (Å²) in [6.45, 7) is 6.71. The molecule has 2 amide bonds. The summed E-state index contributed by atoms with van der Waals surface area (Å²) < 4.78 is 0. The molecule has 0 saturated carbocycles. The molecule has 1 fully saturated rings. The Bertz CT molecular complexity index is 278. The zero-order valence-electron chi connectivity index (χ0n) is 10.1. The number of piperidine rings is 1. The van der Waals surface area contributed by atoms with Gasteiger partial charge in [-0.05, 0) is 26.2 Å². The van der Waals surface area contributed by atoms with E-state index in [0.29, 0.717) is 19.5 Å². The van der Waals surface area contributed by atoms with E-state index in [4.69, 9.17) is 5.11 Å². The van der Waals surface area contributed by atoms with Gasteiger partial charge in [0.25, 0.3) is 0 Å².